The van der Waals surface area contributed by atoms with Crippen molar-refractivity contribution in [3.05, 3.63) is 35.2 Å². The predicted octanol–water partition coefficient (Wildman–Crippen LogP) is 2.97. The third kappa shape index (κ3) is 4.45. The van der Waals surface area contributed by atoms with Gasteiger partial charge in [-0.15, -0.1) is 11.3 Å². The summed E-state index contributed by atoms with van der Waals surface area (Å²) in [5, 5.41) is 4.89. The summed E-state index contributed by atoms with van der Waals surface area (Å²) in [5.41, 5.74) is 0.925. The highest BCUT2D eigenvalue weighted by Gasteiger charge is 2.35. The van der Waals surface area contributed by atoms with Crippen molar-refractivity contribution in [3.8, 4) is 11.3 Å². The first-order valence-corrected chi connectivity index (χ1v) is 10.5. The SMILES string of the molecule is CC(C(=O)Nc1nc(-c2ccc(F)c(F)c2)cs1)N1CCN(C(=O)C2CC2)CC1. The van der Waals surface area contributed by atoms with Crippen molar-refractivity contribution in [3.63, 3.8) is 0 Å². The molecule has 2 aromatic rings. The lowest BCUT2D eigenvalue weighted by molar-refractivity contribution is -0.135. The maximum atomic E-state index is 13.4. The average Bonchev–Trinajstić information content (AvgIpc) is 3.48. The molecule has 1 unspecified atom stereocenters. The van der Waals surface area contributed by atoms with Crippen molar-refractivity contribution in [2.45, 2.75) is 25.8 Å². The van der Waals surface area contributed by atoms with Crippen molar-refractivity contribution < 1.29 is 18.4 Å². The summed E-state index contributed by atoms with van der Waals surface area (Å²) < 4.78 is 26.5. The van der Waals surface area contributed by atoms with Crippen LogP contribution in [0.5, 0.6) is 0 Å². The smallest absolute Gasteiger partial charge is 0.243 e. The molecule has 2 fully saturated rings. The van der Waals surface area contributed by atoms with Gasteiger partial charge in [0.15, 0.2) is 16.8 Å². The molecule has 2 heterocycles. The molecule has 2 aliphatic rings. The van der Waals surface area contributed by atoms with Crippen molar-refractivity contribution in [2.75, 3.05) is 31.5 Å². The number of hydrogen-bond acceptors (Lipinski definition) is 5. The Morgan fingerprint density at radius 2 is 1.90 bits per heavy atom. The molecule has 1 atom stereocenters. The Balaban J connectivity index is 1.33. The zero-order valence-electron chi connectivity index (χ0n) is 16.0. The number of amides is 2. The molecular formula is C20H22F2N4O2S. The minimum atomic E-state index is -0.936. The standard InChI is InChI=1S/C20H22F2N4O2S/c1-12(25-6-8-26(9-7-25)19(28)13-2-3-13)18(27)24-20-23-17(11-29-20)14-4-5-15(21)16(22)10-14/h4-5,10-13H,2-3,6-9H2,1H3,(H,23,24,27). The van der Waals surface area contributed by atoms with Gasteiger partial charge in [-0.05, 0) is 38.0 Å². The number of aromatic nitrogens is 1. The molecule has 1 aliphatic carbocycles. The Hall–Kier alpha value is -2.39. The molecule has 0 bridgehead atoms. The van der Waals surface area contributed by atoms with E-state index in [0.29, 0.717) is 42.6 Å². The molecule has 1 saturated carbocycles. The van der Waals surface area contributed by atoms with E-state index in [-0.39, 0.29) is 23.8 Å². The maximum Gasteiger partial charge on any atom is 0.243 e. The number of halogens is 2. The van der Waals surface area contributed by atoms with Crippen LogP contribution in [0.25, 0.3) is 11.3 Å². The molecule has 1 aliphatic heterocycles. The maximum absolute atomic E-state index is 13.4. The van der Waals surface area contributed by atoms with Gasteiger partial charge >= 0.3 is 0 Å². The Bertz CT molecular complexity index is 923. The van der Waals surface area contributed by atoms with Gasteiger partial charge in [0.1, 0.15) is 0 Å². The lowest BCUT2D eigenvalue weighted by atomic mass is 10.2. The van der Waals surface area contributed by atoms with E-state index in [0.717, 1.165) is 25.0 Å². The minimum absolute atomic E-state index is 0.182. The van der Waals surface area contributed by atoms with Crippen LogP contribution in [0.3, 0.4) is 0 Å². The molecule has 1 saturated heterocycles. The normalized spacial score (nSPS) is 18.5. The number of carbonyl (C=O) groups excluding carboxylic acids is 2. The summed E-state index contributed by atoms with van der Waals surface area (Å²) in [7, 11) is 0. The van der Waals surface area contributed by atoms with Crippen LogP contribution in [0.15, 0.2) is 23.6 Å². The second-order valence-corrected chi connectivity index (χ2v) is 8.33. The van der Waals surface area contributed by atoms with E-state index in [9.17, 15) is 18.4 Å². The number of benzene rings is 1. The third-order valence-electron chi connectivity index (χ3n) is 5.43. The summed E-state index contributed by atoms with van der Waals surface area (Å²) >= 11 is 1.23. The predicted molar refractivity (Wildman–Crippen MR) is 106 cm³/mol. The number of nitrogens with zero attached hydrogens (tertiary/aromatic N) is 3. The lowest BCUT2D eigenvalue weighted by Crippen LogP contribution is -2.54. The Morgan fingerprint density at radius 1 is 1.17 bits per heavy atom. The monoisotopic (exact) mass is 420 g/mol. The highest BCUT2D eigenvalue weighted by atomic mass is 32.1. The van der Waals surface area contributed by atoms with Gasteiger partial charge in [-0.2, -0.15) is 0 Å². The van der Waals surface area contributed by atoms with E-state index in [1.165, 1.54) is 17.4 Å². The number of piperazine rings is 1. The minimum Gasteiger partial charge on any atom is -0.340 e. The molecule has 9 heteroatoms. The van der Waals surface area contributed by atoms with E-state index >= 15 is 0 Å². The Morgan fingerprint density at radius 3 is 2.55 bits per heavy atom. The fourth-order valence-corrected chi connectivity index (χ4v) is 4.14. The zero-order chi connectivity index (χ0) is 20.5. The highest BCUT2D eigenvalue weighted by Crippen LogP contribution is 2.31. The summed E-state index contributed by atoms with van der Waals surface area (Å²) in [6.45, 7) is 4.43. The largest absolute Gasteiger partial charge is 0.340 e. The highest BCUT2D eigenvalue weighted by molar-refractivity contribution is 7.14. The van der Waals surface area contributed by atoms with Crippen LogP contribution in [0.2, 0.25) is 0 Å². The Kier molecular flexibility index (Phi) is 5.60. The average molecular weight is 420 g/mol. The molecule has 2 amide bonds. The lowest BCUT2D eigenvalue weighted by Gasteiger charge is -2.37. The molecule has 1 N–H and O–H groups in total. The molecule has 29 heavy (non-hydrogen) atoms. The molecule has 0 radical (unpaired) electrons. The second-order valence-electron chi connectivity index (χ2n) is 7.47. The molecular weight excluding hydrogens is 398 g/mol. The number of carbonyl (C=O) groups is 2. The van der Waals surface area contributed by atoms with E-state index in [2.05, 4.69) is 15.2 Å². The topological polar surface area (TPSA) is 65.5 Å². The van der Waals surface area contributed by atoms with E-state index < -0.39 is 11.6 Å². The molecule has 1 aromatic carbocycles. The molecule has 1 aromatic heterocycles. The van der Waals surface area contributed by atoms with Gasteiger partial charge in [-0.1, -0.05) is 0 Å². The summed E-state index contributed by atoms with van der Waals surface area (Å²) in [6.07, 6.45) is 2.00. The van der Waals surface area contributed by atoms with Crippen molar-refractivity contribution in [1.82, 2.24) is 14.8 Å². The summed E-state index contributed by atoms with van der Waals surface area (Å²) in [5.74, 6) is -1.57. The first kappa shape index (κ1) is 19.9. The second kappa shape index (κ2) is 8.16. The van der Waals surface area contributed by atoms with Crippen LogP contribution in [-0.2, 0) is 9.59 Å². The molecule has 154 valence electrons. The first-order valence-electron chi connectivity index (χ1n) is 9.67. The zero-order valence-corrected chi connectivity index (χ0v) is 16.8. The van der Waals surface area contributed by atoms with E-state index in [1.807, 2.05) is 11.8 Å². The summed E-state index contributed by atoms with van der Waals surface area (Å²) in [6, 6.07) is 3.23. The number of anilines is 1. The van der Waals surface area contributed by atoms with Gasteiger partial charge in [0.2, 0.25) is 11.8 Å². The van der Waals surface area contributed by atoms with Crippen LogP contribution in [0, 0.1) is 17.6 Å². The molecule has 4 rings (SSSR count). The van der Waals surface area contributed by atoms with Crippen LogP contribution >= 0.6 is 11.3 Å². The Labute approximate surface area is 171 Å². The fraction of sp³-hybridized carbons (Fsp3) is 0.450. The third-order valence-corrected chi connectivity index (χ3v) is 6.19. The number of rotatable bonds is 5. The van der Waals surface area contributed by atoms with Crippen molar-refractivity contribution in [1.29, 1.82) is 0 Å². The van der Waals surface area contributed by atoms with Crippen molar-refractivity contribution >= 4 is 28.3 Å². The summed E-state index contributed by atoms with van der Waals surface area (Å²) in [4.78, 5) is 33.0. The van der Waals surface area contributed by atoms with Gasteiger partial charge in [-0.25, -0.2) is 13.8 Å². The van der Waals surface area contributed by atoms with Gasteiger partial charge in [0, 0.05) is 43.0 Å². The van der Waals surface area contributed by atoms with Gasteiger partial charge < -0.3 is 10.2 Å². The first-order chi connectivity index (χ1) is 13.9. The van der Waals surface area contributed by atoms with Gasteiger partial charge in [0.05, 0.1) is 11.7 Å². The van der Waals surface area contributed by atoms with Crippen LogP contribution in [0.4, 0.5) is 13.9 Å². The van der Waals surface area contributed by atoms with Crippen LogP contribution in [-0.4, -0.2) is 58.8 Å². The van der Waals surface area contributed by atoms with Crippen molar-refractivity contribution in [2.24, 2.45) is 5.92 Å². The number of thiazole rings is 1. The van der Waals surface area contributed by atoms with Gasteiger partial charge in [0.25, 0.3) is 0 Å². The number of hydrogen-bond donors (Lipinski definition) is 1. The molecule has 0 spiro atoms. The quantitative estimate of drug-likeness (QED) is 0.808. The van der Waals surface area contributed by atoms with Crippen LogP contribution in [0.1, 0.15) is 19.8 Å². The molecule has 6 nitrogen and oxygen atoms in total. The van der Waals surface area contributed by atoms with Gasteiger partial charge in [-0.3, -0.25) is 14.5 Å². The van der Waals surface area contributed by atoms with Crippen LogP contribution < -0.4 is 5.32 Å². The fourth-order valence-electron chi connectivity index (χ4n) is 3.41. The van der Waals surface area contributed by atoms with E-state index in [1.54, 1.807) is 5.38 Å². The van der Waals surface area contributed by atoms with E-state index in [4.69, 9.17) is 0 Å². The number of nitrogens with one attached hydrogen (secondary N) is 1.